The topological polar surface area (TPSA) is 26.0 Å². The van der Waals surface area contributed by atoms with E-state index in [-0.39, 0.29) is 0 Å². The lowest BCUT2D eigenvalue weighted by Crippen LogP contribution is -1.85. The first-order valence-electron chi connectivity index (χ1n) is 5.83. The highest BCUT2D eigenvalue weighted by atomic mass is 14.5. The van der Waals surface area contributed by atoms with Gasteiger partial charge in [-0.2, -0.15) is 0 Å². The van der Waals surface area contributed by atoms with Crippen molar-refractivity contribution in [1.29, 1.82) is 0 Å². The van der Waals surface area contributed by atoms with Crippen LogP contribution in [0.25, 0.3) is 0 Å². The van der Waals surface area contributed by atoms with Crippen molar-refractivity contribution in [3.63, 3.8) is 0 Å². The maximum atomic E-state index is 5.28. The first-order valence-corrected chi connectivity index (χ1v) is 5.83. The summed E-state index contributed by atoms with van der Waals surface area (Å²) < 4.78 is 0. The molecule has 0 aliphatic carbocycles. The molecule has 0 heterocycles. The van der Waals surface area contributed by atoms with Crippen LogP contribution in [0.1, 0.15) is 61.3 Å². The molecule has 0 atom stereocenters. The van der Waals surface area contributed by atoms with Gasteiger partial charge in [-0.1, -0.05) is 47.1 Å². The summed E-state index contributed by atoms with van der Waals surface area (Å²) in [7, 11) is 0. The Labute approximate surface area is 91.1 Å². The van der Waals surface area contributed by atoms with E-state index in [9.17, 15) is 0 Å². The Balaban J connectivity index is -0.000000266. The molecule has 0 unspecified atom stereocenters. The summed E-state index contributed by atoms with van der Waals surface area (Å²) in [5.74, 6) is 0. The Kier molecular flexibility index (Phi) is 24.6. The molecule has 0 spiro atoms. The zero-order chi connectivity index (χ0) is 12.0. The molecule has 0 bridgehead atoms. The number of allylic oxidation sites excluding steroid dienone is 3. The van der Waals surface area contributed by atoms with Crippen LogP contribution in [0.5, 0.6) is 0 Å². The molecule has 0 aliphatic heterocycles. The molecule has 1 heteroatoms. The van der Waals surface area contributed by atoms with E-state index in [2.05, 4.69) is 20.8 Å². The smallest absolute Gasteiger partial charge is 0.00596 e. The van der Waals surface area contributed by atoms with Gasteiger partial charge in [-0.05, 0) is 37.6 Å². The minimum absolute atomic E-state index is 1.08. The molecule has 0 aromatic carbocycles. The molecule has 0 rings (SSSR count). The minimum Gasteiger partial charge on any atom is -0.405 e. The van der Waals surface area contributed by atoms with Gasteiger partial charge in [-0.3, -0.25) is 0 Å². The largest absolute Gasteiger partial charge is 0.405 e. The molecular formula is C13H29N. The molecule has 0 amide bonds. The fourth-order valence-electron chi connectivity index (χ4n) is 0.905. The third-order valence-electron chi connectivity index (χ3n) is 1.76. The normalized spacial score (nSPS) is 10.8. The third kappa shape index (κ3) is 11.3. The van der Waals surface area contributed by atoms with Gasteiger partial charge in [0.15, 0.2) is 0 Å². The van der Waals surface area contributed by atoms with Crippen LogP contribution in [0.4, 0.5) is 0 Å². The van der Waals surface area contributed by atoms with Crippen molar-refractivity contribution in [2.24, 2.45) is 5.73 Å². The van der Waals surface area contributed by atoms with E-state index in [1.165, 1.54) is 11.1 Å². The number of rotatable bonds is 3. The Morgan fingerprint density at radius 1 is 1.00 bits per heavy atom. The molecule has 0 aromatic heterocycles. The van der Waals surface area contributed by atoms with Crippen LogP contribution in [-0.4, -0.2) is 0 Å². The van der Waals surface area contributed by atoms with Gasteiger partial charge in [-0.15, -0.1) is 0 Å². The van der Waals surface area contributed by atoms with Crippen LogP contribution in [0.2, 0.25) is 0 Å². The summed E-state index contributed by atoms with van der Waals surface area (Å²) in [6.45, 7) is 14.5. The lowest BCUT2D eigenvalue weighted by atomic mass is 10.1. The van der Waals surface area contributed by atoms with Gasteiger partial charge in [0, 0.05) is 0 Å². The van der Waals surface area contributed by atoms with E-state index >= 15 is 0 Å². The van der Waals surface area contributed by atoms with Crippen molar-refractivity contribution in [3.05, 3.63) is 23.4 Å². The maximum Gasteiger partial charge on any atom is -0.00596 e. The SMILES string of the molecule is CC.CC.CC/C(C)=C(/C=C\N)CC. The Morgan fingerprint density at radius 3 is 1.64 bits per heavy atom. The zero-order valence-electron chi connectivity index (χ0n) is 11.1. The summed E-state index contributed by atoms with van der Waals surface area (Å²) in [4.78, 5) is 0. The number of hydrogen-bond donors (Lipinski definition) is 1. The minimum atomic E-state index is 1.08. The first-order chi connectivity index (χ1) is 6.76. The van der Waals surface area contributed by atoms with E-state index < -0.39 is 0 Å². The quantitative estimate of drug-likeness (QED) is 0.658. The number of nitrogens with two attached hydrogens (primary N) is 1. The van der Waals surface area contributed by atoms with Gasteiger partial charge < -0.3 is 5.73 Å². The molecule has 86 valence electrons. The highest BCUT2D eigenvalue weighted by Gasteiger charge is 1.92. The van der Waals surface area contributed by atoms with Crippen LogP contribution in [-0.2, 0) is 0 Å². The van der Waals surface area contributed by atoms with Crippen LogP contribution in [0, 0.1) is 0 Å². The highest BCUT2D eigenvalue weighted by Crippen LogP contribution is 2.11. The predicted molar refractivity (Wildman–Crippen MR) is 69.3 cm³/mol. The fraction of sp³-hybridized carbons (Fsp3) is 0.692. The van der Waals surface area contributed by atoms with Crippen molar-refractivity contribution in [1.82, 2.24) is 0 Å². The maximum absolute atomic E-state index is 5.28. The molecule has 0 radical (unpaired) electrons. The van der Waals surface area contributed by atoms with Gasteiger partial charge in [0.1, 0.15) is 0 Å². The van der Waals surface area contributed by atoms with Crippen LogP contribution in [0.3, 0.4) is 0 Å². The standard InChI is InChI=1S/C9H17N.2C2H6/c1-4-8(3)9(5-2)6-7-10;2*1-2/h6-7H,4-5,10H2,1-3H3;2*1-2H3/b7-6-,9-8+;;. The highest BCUT2D eigenvalue weighted by molar-refractivity contribution is 5.23. The van der Waals surface area contributed by atoms with Gasteiger partial charge in [0.2, 0.25) is 0 Å². The van der Waals surface area contributed by atoms with E-state index in [0.29, 0.717) is 0 Å². The molecule has 0 aromatic rings. The second-order valence-electron chi connectivity index (χ2n) is 2.37. The molecule has 0 fully saturated rings. The summed E-state index contributed by atoms with van der Waals surface area (Å²) in [6, 6.07) is 0. The molecule has 0 saturated carbocycles. The second kappa shape index (κ2) is 18.1. The van der Waals surface area contributed by atoms with E-state index in [0.717, 1.165) is 12.8 Å². The van der Waals surface area contributed by atoms with Crippen molar-refractivity contribution >= 4 is 0 Å². The molecule has 2 N–H and O–H groups in total. The summed E-state index contributed by atoms with van der Waals surface area (Å²) in [5.41, 5.74) is 8.08. The first kappa shape index (κ1) is 18.9. The van der Waals surface area contributed by atoms with Gasteiger partial charge >= 0.3 is 0 Å². The average Bonchev–Trinajstić information content (AvgIpc) is 2.30. The molecule has 1 nitrogen and oxygen atoms in total. The van der Waals surface area contributed by atoms with Crippen molar-refractivity contribution in [2.45, 2.75) is 61.3 Å². The Hall–Kier alpha value is -0.720. The van der Waals surface area contributed by atoms with Crippen LogP contribution < -0.4 is 5.73 Å². The fourth-order valence-corrected chi connectivity index (χ4v) is 0.905. The molecule has 0 aliphatic rings. The van der Waals surface area contributed by atoms with Crippen LogP contribution in [0.15, 0.2) is 23.4 Å². The molecule has 0 saturated heterocycles. The van der Waals surface area contributed by atoms with Gasteiger partial charge in [0.25, 0.3) is 0 Å². The average molecular weight is 199 g/mol. The summed E-state index contributed by atoms with van der Waals surface area (Å²) in [5, 5.41) is 0. The third-order valence-corrected chi connectivity index (χ3v) is 1.76. The van der Waals surface area contributed by atoms with Gasteiger partial charge in [-0.25, -0.2) is 0 Å². The molecule has 14 heavy (non-hydrogen) atoms. The lowest BCUT2D eigenvalue weighted by Gasteiger charge is -2.01. The second-order valence-corrected chi connectivity index (χ2v) is 2.37. The number of hydrogen-bond acceptors (Lipinski definition) is 1. The van der Waals surface area contributed by atoms with E-state index in [1.54, 1.807) is 6.20 Å². The monoisotopic (exact) mass is 199 g/mol. The zero-order valence-corrected chi connectivity index (χ0v) is 11.1. The van der Waals surface area contributed by atoms with Crippen LogP contribution >= 0.6 is 0 Å². The van der Waals surface area contributed by atoms with E-state index in [4.69, 9.17) is 5.73 Å². The summed E-state index contributed by atoms with van der Waals surface area (Å²) >= 11 is 0. The van der Waals surface area contributed by atoms with Crippen molar-refractivity contribution in [3.8, 4) is 0 Å². The lowest BCUT2D eigenvalue weighted by molar-refractivity contribution is 1.01. The predicted octanol–water partition coefficient (Wildman–Crippen LogP) is 4.65. The van der Waals surface area contributed by atoms with E-state index in [1.807, 2.05) is 33.8 Å². The molecular weight excluding hydrogens is 170 g/mol. The van der Waals surface area contributed by atoms with Gasteiger partial charge in [0.05, 0.1) is 0 Å². The summed E-state index contributed by atoms with van der Waals surface area (Å²) in [6.07, 6.45) is 5.79. The Morgan fingerprint density at radius 2 is 1.43 bits per heavy atom. The Bertz CT molecular complexity index is 143. The van der Waals surface area contributed by atoms with Crippen molar-refractivity contribution in [2.75, 3.05) is 0 Å². The van der Waals surface area contributed by atoms with Crippen molar-refractivity contribution < 1.29 is 0 Å².